The fraction of sp³-hybridized carbons (Fsp3) is 0.538. The molecular weight excluding hydrogens is 216 g/mol. The molecule has 0 aromatic carbocycles. The van der Waals surface area contributed by atoms with Crippen LogP contribution in [0.4, 0.5) is 0 Å². The number of carbonyl (C=O) groups is 1. The van der Waals surface area contributed by atoms with E-state index in [2.05, 4.69) is 6.07 Å². The van der Waals surface area contributed by atoms with E-state index in [1.54, 1.807) is 18.5 Å². The minimum atomic E-state index is -0.894. The molecule has 0 fully saturated rings. The van der Waals surface area contributed by atoms with Gasteiger partial charge in [-0.15, -0.1) is 0 Å². The lowest BCUT2D eigenvalue weighted by Gasteiger charge is -2.14. The predicted octanol–water partition coefficient (Wildman–Crippen LogP) is 2.91. The smallest absolute Gasteiger partial charge is 0.337 e. The number of nitrogens with zero attached hydrogens (tertiary/aromatic N) is 2. The Kier molecular flexibility index (Phi) is 4.33. The zero-order chi connectivity index (χ0) is 12.9. The number of rotatable bonds is 6. The van der Waals surface area contributed by atoms with Gasteiger partial charge in [0, 0.05) is 18.9 Å². The Hall–Kier alpha value is -1.76. The first-order valence-electron chi connectivity index (χ1n) is 5.75. The number of nitriles is 1. The van der Waals surface area contributed by atoms with Crippen LogP contribution in [0.1, 0.15) is 43.5 Å². The Morgan fingerprint density at radius 2 is 2.24 bits per heavy atom. The molecule has 1 heterocycles. The largest absolute Gasteiger partial charge is 0.478 e. The molecule has 1 rings (SSSR count). The van der Waals surface area contributed by atoms with Crippen molar-refractivity contribution < 1.29 is 9.90 Å². The van der Waals surface area contributed by atoms with Crippen LogP contribution < -0.4 is 0 Å². The summed E-state index contributed by atoms with van der Waals surface area (Å²) in [6.07, 6.45) is 6.22. The van der Waals surface area contributed by atoms with Gasteiger partial charge in [-0.2, -0.15) is 5.26 Å². The van der Waals surface area contributed by atoms with Gasteiger partial charge in [0.2, 0.25) is 0 Å². The molecule has 0 spiro atoms. The third-order valence-electron chi connectivity index (χ3n) is 2.77. The van der Waals surface area contributed by atoms with Crippen LogP contribution in [0.5, 0.6) is 0 Å². The molecule has 0 saturated carbocycles. The Bertz CT molecular complexity index is 427. The van der Waals surface area contributed by atoms with Gasteiger partial charge in [0.05, 0.1) is 17.0 Å². The second kappa shape index (κ2) is 5.53. The molecule has 92 valence electrons. The van der Waals surface area contributed by atoms with Crippen molar-refractivity contribution in [1.29, 1.82) is 5.26 Å². The summed E-state index contributed by atoms with van der Waals surface area (Å²) >= 11 is 0. The molecule has 0 amide bonds. The van der Waals surface area contributed by atoms with E-state index >= 15 is 0 Å². The Labute approximate surface area is 101 Å². The lowest BCUT2D eigenvalue weighted by atomic mass is 9.89. The molecule has 0 aliphatic rings. The lowest BCUT2D eigenvalue weighted by molar-refractivity contribution is 0.0697. The second-order valence-electron chi connectivity index (χ2n) is 4.90. The summed E-state index contributed by atoms with van der Waals surface area (Å²) in [4.78, 5) is 10.7. The van der Waals surface area contributed by atoms with Crippen LogP contribution in [-0.2, 0) is 6.54 Å². The van der Waals surface area contributed by atoms with Gasteiger partial charge in [-0.25, -0.2) is 4.79 Å². The maximum absolute atomic E-state index is 10.7. The summed E-state index contributed by atoms with van der Waals surface area (Å²) in [5, 5.41) is 17.6. The van der Waals surface area contributed by atoms with Crippen molar-refractivity contribution >= 4 is 5.97 Å². The molecular formula is C13H18N2O2. The van der Waals surface area contributed by atoms with Crippen molar-refractivity contribution in [3.05, 3.63) is 24.0 Å². The number of hydrogen-bond donors (Lipinski definition) is 1. The number of unbranched alkanes of at least 4 members (excludes halogenated alkanes) is 1. The summed E-state index contributed by atoms with van der Waals surface area (Å²) in [5.74, 6) is -0.894. The molecule has 0 aliphatic carbocycles. The Morgan fingerprint density at radius 1 is 1.53 bits per heavy atom. The summed E-state index contributed by atoms with van der Waals surface area (Å²) in [7, 11) is 0. The summed E-state index contributed by atoms with van der Waals surface area (Å²) in [6, 6.07) is 3.87. The summed E-state index contributed by atoms with van der Waals surface area (Å²) < 4.78 is 1.88. The highest BCUT2D eigenvalue weighted by molar-refractivity contribution is 5.87. The average molecular weight is 234 g/mol. The molecule has 0 aliphatic heterocycles. The molecule has 17 heavy (non-hydrogen) atoms. The first-order chi connectivity index (χ1) is 7.94. The molecule has 0 radical (unpaired) electrons. The highest BCUT2D eigenvalue weighted by Crippen LogP contribution is 2.21. The lowest BCUT2D eigenvalue weighted by Crippen LogP contribution is -2.07. The van der Waals surface area contributed by atoms with E-state index in [1.807, 2.05) is 18.4 Å². The number of aromatic carboxylic acids is 1. The third-order valence-corrected chi connectivity index (χ3v) is 2.77. The van der Waals surface area contributed by atoms with Gasteiger partial charge >= 0.3 is 5.97 Å². The molecule has 0 saturated heterocycles. The highest BCUT2D eigenvalue weighted by atomic mass is 16.4. The number of aromatic nitrogens is 1. The normalized spacial score (nSPS) is 11.1. The molecule has 1 aromatic rings. The first-order valence-corrected chi connectivity index (χ1v) is 5.75. The standard InChI is InChI=1S/C13H18N2O2/c1-13(2,10-14)6-3-4-7-15-8-5-11(9-15)12(16)17/h5,8-9H,3-4,6-7H2,1-2H3,(H,16,17). The van der Waals surface area contributed by atoms with Crippen molar-refractivity contribution in [1.82, 2.24) is 4.57 Å². The van der Waals surface area contributed by atoms with E-state index in [9.17, 15) is 4.79 Å². The van der Waals surface area contributed by atoms with Crippen molar-refractivity contribution in [3.63, 3.8) is 0 Å². The third kappa shape index (κ3) is 4.31. The van der Waals surface area contributed by atoms with Gasteiger partial charge < -0.3 is 9.67 Å². The number of carboxylic acids is 1. The van der Waals surface area contributed by atoms with Crippen LogP contribution in [0.25, 0.3) is 0 Å². The minimum Gasteiger partial charge on any atom is -0.478 e. The zero-order valence-electron chi connectivity index (χ0n) is 10.3. The molecule has 0 atom stereocenters. The maximum Gasteiger partial charge on any atom is 0.337 e. The van der Waals surface area contributed by atoms with Crippen LogP contribution in [0.15, 0.2) is 18.5 Å². The average Bonchev–Trinajstić information content (AvgIpc) is 2.73. The predicted molar refractivity (Wildman–Crippen MR) is 64.6 cm³/mol. The van der Waals surface area contributed by atoms with E-state index in [4.69, 9.17) is 10.4 Å². The molecule has 0 bridgehead atoms. The Morgan fingerprint density at radius 3 is 2.76 bits per heavy atom. The van der Waals surface area contributed by atoms with Crippen molar-refractivity contribution in [2.24, 2.45) is 5.41 Å². The molecule has 4 heteroatoms. The minimum absolute atomic E-state index is 0.261. The van der Waals surface area contributed by atoms with Gasteiger partial charge in [0.25, 0.3) is 0 Å². The van der Waals surface area contributed by atoms with Crippen LogP contribution in [0, 0.1) is 16.7 Å². The summed E-state index contributed by atoms with van der Waals surface area (Å²) in [6.45, 7) is 4.67. The molecule has 1 aromatic heterocycles. The van der Waals surface area contributed by atoms with E-state index in [0.717, 1.165) is 25.8 Å². The van der Waals surface area contributed by atoms with E-state index < -0.39 is 5.97 Å². The van der Waals surface area contributed by atoms with Crippen LogP contribution >= 0.6 is 0 Å². The maximum atomic E-state index is 10.7. The van der Waals surface area contributed by atoms with Crippen LogP contribution in [-0.4, -0.2) is 15.6 Å². The van der Waals surface area contributed by atoms with Crippen molar-refractivity contribution in [2.45, 2.75) is 39.7 Å². The number of aryl methyl sites for hydroxylation is 1. The topological polar surface area (TPSA) is 66.0 Å². The van der Waals surface area contributed by atoms with E-state index in [-0.39, 0.29) is 5.41 Å². The van der Waals surface area contributed by atoms with Crippen molar-refractivity contribution in [3.8, 4) is 6.07 Å². The SMILES string of the molecule is CC(C)(C#N)CCCCn1ccc(C(=O)O)c1. The molecule has 1 N–H and O–H groups in total. The van der Waals surface area contributed by atoms with Crippen LogP contribution in [0.2, 0.25) is 0 Å². The van der Waals surface area contributed by atoms with Crippen LogP contribution in [0.3, 0.4) is 0 Å². The first kappa shape index (κ1) is 13.3. The Balaban J connectivity index is 2.32. The molecule has 0 unspecified atom stereocenters. The quantitative estimate of drug-likeness (QED) is 0.769. The summed E-state index contributed by atoms with van der Waals surface area (Å²) in [5.41, 5.74) is 0.0606. The van der Waals surface area contributed by atoms with Crippen molar-refractivity contribution in [2.75, 3.05) is 0 Å². The highest BCUT2D eigenvalue weighted by Gasteiger charge is 2.15. The fourth-order valence-electron chi connectivity index (χ4n) is 1.62. The van der Waals surface area contributed by atoms with E-state index in [1.165, 1.54) is 0 Å². The fourth-order valence-corrected chi connectivity index (χ4v) is 1.62. The van der Waals surface area contributed by atoms with Gasteiger partial charge in [-0.05, 0) is 32.8 Å². The molecule has 4 nitrogen and oxygen atoms in total. The van der Waals surface area contributed by atoms with Gasteiger partial charge in [-0.1, -0.05) is 6.42 Å². The zero-order valence-corrected chi connectivity index (χ0v) is 10.3. The second-order valence-corrected chi connectivity index (χ2v) is 4.90. The van der Waals surface area contributed by atoms with Gasteiger partial charge in [0.1, 0.15) is 0 Å². The van der Waals surface area contributed by atoms with E-state index in [0.29, 0.717) is 5.56 Å². The monoisotopic (exact) mass is 234 g/mol. The number of hydrogen-bond acceptors (Lipinski definition) is 2. The van der Waals surface area contributed by atoms with Gasteiger partial charge in [0.15, 0.2) is 0 Å². The van der Waals surface area contributed by atoms with Gasteiger partial charge in [-0.3, -0.25) is 0 Å². The number of carboxylic acid groups (broad SMARTS) is 1.